The monoisotopic (exact) mass is 399 g/mol. The molecule has 0 atom stereocenters. The number of aromatic amines is 2. The Bertz CT molecular complexity index is 954. The predicted molar refractivity (Wildman–Crippen MR) is 113 cm³/mol. The number of hydrogen-bond donors (Lipinski definition) is 3. The van der Waals surface area contributed by atoms with E-state index in [0.29, 0.717) is 31.1 Å². The molecule has 0 aliphatic carbocycles. The number of imidazole rings is 1. The summed E-state index contributed by atoms with van der Waals surface area (Å²) < 4.78 is 5.51. The van der Waals surface area contributed by atoms with Crippen molar-refractivity contribution in [2.45, 2.75) is 26.0 Å². The zero-order valence-corrected chi connectivity index (χ0v) is 16.9. The molecular weight excluding hydrogens is 374 g/mol. The Balaban J connectivity index is 1.49. The minimum atomic E-state index is -0.126. The van der Waals surface area contributed by atoms with Crippen LogP contribution in [0.25, 0.3) is 0 Å². The van der Waals surface area contributed by atoms with E-state index in [-0.39, 0.29) is 5.56 Å². The van der Waals surface area contributed by atoms with Crippen LogP contribution in [0.3, 0.4) is 0 Å². The Morgan fingerprint density at radius 1 is 1.29 bits per heavy atom. The number of thioether (sulfide) groups is 1. The van der Waals surface area contributed by atoms with Gasteiger partial charge in [0.25, 0.3) is 5.56 Å². The van der Waals surface area contributed by atoms with Gasteiger partial charge in [-0.25, -0.2) is 9.97 Å². The van der Waals surface area contributed by atoms with Gasteiger partial charge in [-0.2, -0.15) is 11.8 Å². The van der Waals surface area contributed by atoms with Crippen LogP contribution in [0.15, 0.2) is 41.6 Å². The third-order valence-corrected chi connectivity index (χ3v) is 5.16. The van der Waals surface area contributed by atoms with Crippen LogP contribution in [0.4, 0.5) is 5.95 Å². The maximum atomic E-state index is 12.4. The molecule has 8 heteroatoms. The first-order valence-corrected chi connectivity index (χ1v) is 10.4. The topological polar surface area (TPSA) is 95.7 Å². The molecule has 0 aliphatic heterocycles. The molecule has 0 bridgehead atoms. The highest BCUT2D eigenvalue weighted by molar-refractivity contribution is 7.98. The van der Waals surface area contributed by atoms with Crippen molar-refractivity contribution in [3.63, 3.8) is 0 Å². The number of aryl methyl sites for hydroxylation is 1. The normalized spacial score (nSPS) is 10.8. The second-order valence-electron chi connectivity index (χ2n) is 6.30. The molecule has 2 aromatic heterocycles. The van der Waals surface area contributed by atoms with Crippen molar-refractivity contribution in [2.75, 3.05) is 24.2 Å². The Morgan fingerprint density at radius 2 is 2.18 bits per heavy atom. The lowest BCUT2D eigenvalue weighted by Crippen LogP contribution is -2.18. The van der Waals surface area contributed by atoms with Crippen LogP contribution < -0.4 is 15.6 Å². The molecule has 7 nitrogen and oxygen atoms in total. The van der Waals surface area contributed by atoms with E-state index in [1.165, 1.54) is 0 Å². The number of H-pyrrole nitrogens is 2. The lowest BCUT2D eigenvalue weighted by Gasteiger charge is -2.08. The van der Waals surface area contributed by atoms with Crippen molar-refractivity contribution in [3.8, 4) is 5.75 Å². The second kappa shape index (κ2) is 9.98. The quantitative estimate of drug-likeness (QED) is 0.453. The third-order valence-electron chi connectivity index (χ3n) is 4.19. The van der Waals surface area contributed by atoms with E-state index < -0.39 is 0 Å². The molecule has 0 radical (unpaired) electrons. The van der Waals surface area contributed by atoms with Crippen LogP contribution in [0.1, 0.15) is 29.4 Å². The summed E-state index contributed by atoms with van der Waals surface area (Å²) in [7, 11) is 0. The van der Waals surface area contributed by atoms with Gasteiger partial charge in [0.15, 0.2) is 0 Å². The first-order valence-electron chi connectivity index (χ1n) is 9.26. The predicted octanol–water partition coefficient (Wildman–Crippen LogP) is 3.14. The maximum Gasteiger partial charge on any atom is 0.255 e. The average Bonchev–Trinajstić information content (AvgIpc) is 3.09. The molecule has 0 aliphatic rings. The van der Waals surface area contributed by atoms with E-state index >= 15 is 0 Å². The summed E-state index contributed by atoms with van der Waals surface area (Å²) in [6, 6.07) is 7.77. The molecule has 3 aromatic rings. The fourth-order valence-corrected chi connectivity index (χ4v) is 3.59. The Kier molecular flexibility index (Phi) is 7.13. The summed E-state index contributed by atoms with van der Waals surface area (Å²) >= 11 is 1.78. The fraction of sp³-hybridized carbons (Fsp3) is 0.350. The van der Waals surface area contributed by atoms with Crippen LogP contribution in [0.2, 0.25) is 0 Å². The van der Waals surface area contributed by atoms with Crippen LogP contribution in [0, 0.1) is 6.92 Å². The van der Waals surface area contributed by atoms with E-state index in [2.05, 4.69) is 25.3 Å². The van der Waals surface area contributed by atoms with Gasteiger partial charge in [-0.3, -0.25) is 9.78 Å². The van der Waals surface area contributed by atoms with Crippen molar-refractivity contribution < 1.29 is 4.74 Å². The van der Waals surface area contributed by atoms with Gasteiger partial charge >= 0.3 is 0 Å². The SMILES string of the molecule is CCOc1cccc(Cc2cnc(NCCSCc3nc[nH]c3C)[nH]c2=O)c1. The summed E-state index contributed by atoms with van der Waals surface area (Å²) in [5.74, 6) is 3.06. The largest absolute Gasteiger partial charge is 0.494 e. The average molecular weight is 400 g/mol. The lowest BCUT2D eigenvalue weighted by atomic mass is 10.1. The Morgan fingerprint density at radius 3 is 2.93 bits per heavy atom. The third kappa shape index (κ3) is 5.63. The lowest BCUT2D eigenvalue weighted by molar-refractivity contribution is 0.340. The van der Waals surface area contributed by atoms with Gasteiger partial charge in [-0.15, -0.1) is 0 Å². The van der Waals surface area contributed by atoms with Crippen LogP contribution in [0.5, 0.6) is 5.75 Å². The molecule has 0 saturated heterocycles. The van der Waals surface area contributed by atoms with E-state index in [1.807, 2.05) is 38.1 Å². The molecule has 28 heavy (non-hydrogen) atoms. The van der Waals surface area contributed by atoms with E-state index in [1.54, 1.807) is 24.3 Å². The van der Waals surface area contributed by atoms with Gasteiger partial charge in [0.05, 0.1) is 18.6 Å². The zero-order valence-electron chi connectivity index (χ0n) is 16.1. The van der Waals surface area contributed by atoms with Gasteiger partial charge in [0, 0.05) is 41.9 Å². The number of anilines is 1. The first kappa shape index (κ1) is 20.0. The van der Waals surface area contributed by atoms with Crippen molar-refractivity contribution >= 4 is 17.7 Å². The minimum absolute atomic E-state index is 0.126. The number of ether oxygens (including phenoxy) is 1. The Labute approximate surface area is 168 Å². The van der Waals surface area contributed by atoms with Crippen molar-refractivity contribution in [2.24, 2.45) is 0 Å². The molecule has 0 saturated carbocycles. The van der Waals surface area contributed by atoms with Crippen molar-refractivity contribution in [3.05, 3.63) is 69.7 Å². The number of nitrogens with zero attached hydrogens (tertiary/aromatic N) is 2. The second-order valence-corrected chi connectivity index (χ2v) is 7.40. The Hall–Kier alpha value is -2.74. The number of rotatable bonds is 10. The summed E-state index contributed by atoms with van der Waals surface area (Å²) in [4.78, 5) is 26.9. The summed E-state index contributed by atoms with van der Waals surface area (Å²) in [6.07, 6.45) is 3.86. The molecular formula is C20H25N5O2S. The molecule has 3 rings (SSSR count). The number of hydrogen-bond acceptors (Lipinski definition) is 6. The molecule has 0 spiro atoms. The molecule has 0 amide bonds. The number of benzene rings is 1. The fourth-order valence-electron chi connectivity index (χ4n) is 2.71. The van der Waals surface area contributed by atoms with Crippen molar-refractivity contribution in [1.29, 1.82) is 0 Å². The van der Waals surface area contributed by atoms with Crippen LogP contribution >= 0.6 is 11.8 Å². The molecule has 0 unspecified atom stereocenters. The van der Waals surface area contributed by atoms with Gasteiger partial charge in [0.2, 0.25) is 5.95 Å². The zero-order chi connectivity index (χ0) is 19.8. The van der Waals surface area contributed by atoms with Gasteiger partial charge < -0.3 is 15.0 Å². The van der Waals surface area contributed by atoms with E-state index in [4.69, 9.17) is 4.74 Å². The van der Waals surface area contributed by atoms with Gasteiger partial charge in [-0.05, 0) is 31.5 Å². The highest BCUT2D eigenvalue weighted by Gasteiger charge is 2.06. The minimum Gasteiger partial charge on any atom is -0.494 e. The summed E-state index contributed by atoms with van der Waals surface area (Å²) in [5.41, 5.74) is 3.70. The number of nitrogens with one attached hydrogen (secondary N) is 3. The summed E-state index contributed by atoms with van der Waals surface area (Å²) in [6.45, 7) is 5.30. The van der Waals surface area contributed by atoms with Crippen LogP contribution in [-0.4, -0.2) is 38.8 Å². The maximum absolute atomic E-state index is 12.4. The molecule has 148 valence electrons. The van der Waals surface area contributed by atoms with Gasteiger partial charge in [-0.1, -0.05) is 12.1 Å². The van der Waals surface area contributed by atoms with E-state index in [0.717, 1.165) is 34.2 Å². The smallest absolute Gasteiger partial charge is 0.255 e. The highest BCUT2D eigenvalue weighted by Crippen LogP contribution is 2.15. The highest BCUT2D eigenvalue weighted by atomic mass is 32.2. The number of aromatic nitrogens is 4. The van der Waals surface area contributed by atoms with Crippen LogP contribution in [-0.2, 0) is 12.2 Å². The molecule has 0 fully saturated rings. The van der Waals surface area contributed by atoms with E-state index in [9.17, 15) is 4.79 Å². The molecule has 2 heterocycles. The summed E-state index contributed by atoms with van der Waals surface area (Å²) in [5, 5.41) is 3.16. The first-order chi connectivity index (χ1) is 13.7. The van der Waals surface area contributed by atoms with Crippen molar-refractivity contribution in [1.82, 2.24) is 19.9 Å². The van der Waals surface area contributed by atoms with Gasteiger partial charge in [0.1, 0.15) is 5.75 Å². The standard InChI is InChI=1S/C20H25N5O2S/c1-3-27-17-6-4-5-15(10-17)9-16-11-22-20(25-19(16)26)21-7-8-28-12-18-14(2)23-13-24-18/h4-6,10-11,13H,3,7-9,12H2,1-2H3,(H,23,24)(H2,21,22,25,26). The molecule has 1 aromatic carbocycles. The molecule has 3 N–H and O–H groups in total.